The van der Waals surface area contributed by atoms with Crippen LogP contribution in [0.5, 0.6) is 0 Å². The topological polar surface area (TPSA) is 66.9 Å². The predicted molar refractivity (Wildman–Crippen MR) is 131 cm³/mol. The molecule has 2 aliphatic rings. The number of carbonyl (C=O) groups is 3. The minimum atomic E-state index is -0.414. The molecule has 0 spiro atoms. The van der Waals surface area contributed by atoms with Crippen LogP contribution in [0.4, 0.5) is 5.69 Å². The summed E-state index contributed by atoms with van der Waals surface area (Å²) in [5.41, 5.74) is 3.50. The van der Waals surface area contributed by atoms with Gasteiger partial charge in [0.05, 0.1) is 11.7 Å². The molecule has 0 saturated carbocycles. The molecule has 2 heterocycles. The highest BCUT2D eigenvalue weighted by Gasteiger charge is 2.36. The second-order valence-corrected chi connectivity index (χ2v) is 8.98. The number of anilines is 1. The quantitative estimate of drug-likeness (QED) is 0.454. The molecular weight excluding hydrogens is 428 g/mol. The van der Waals surface area contributed by atoms with E-state index in [4.69, 9.17) is 4.74 Å². The molecule has 2 amide bonds. The van der Waals surface area contributed by atoms with Gasteiger partial charge in [0, 0.05) is 50.6 Å². The Morgan fingerprint density at radius 3 is 2.65 bits per heavy atom. The highest BCUT2D eigenvalue weighted by atomic mass is 16.5. The van der Waals surface area contributed by atoms with E-state index in [1.165, 1.54) is 0 Å². The van der Waals surface area contributed by atoms with Crippen LogP contribution in [0.25, 0.3) is 10.8 Å². The lowest BCUT2D eigenvalue weighted by Crippen LogP contribution is -2.38. The average molecular weight is 457 g/mol. The van der Waals surface area contributed by atoms with Crippen LogP contribution >= 0.6 is 0 Å². The second kappa shape index (κ2) is 9.39. The molecule has 0 aliphatic carbocycles. The van der Waals surface area contributed by atoms with Gasteiger partial charge in [0.15, 0.2) is 5.78 Å². The van der Waals surface area contributed by atoms with Crippen molar-refractivity contribution in [3.05, 3.63) is 77.4 Å². The molecule has 5 rings (SSSR count). The summed E-state index contributed by atoms with van der Waals surface area (Å²) in [6.45, 7) is 1.63. The maximum atomic E-state index is 13.4. The summed E-state index contributed by atoms with van der Waals surface area (Å²) in [6.07, 6.45) is 1.95. The van der Waals surface area contributed by atoms with Gasteiger partial charge in [0.25, 0.3) is 5.91 Å². The largest absolute Gasteiger partial charge is 0.385 e. The molecular formula is C28H28N2O4. The highest BCUT2D eigenvalue weighted by molar-refractivity contribution is 6.25. The SMILES string of the molecule is COCCCN1C(=O)c2cccc3c(CC(=O)C4CCC(=O)N4Cc4ccccc4)ccc1c23. The summed E-state index contributed by atoms with van der Waals surface area (Å²) in [4.78, 5) is 42.5. The zero-order valence-corrected chi connectivity index (χ0v) is 19.3. The van der Waals surface area contributed by atoms with Crippen LogP contribution in [0.1, 0.15) is 40.7 Å². The third-order valence-corrected chi connectivity index (χ3v) is 6.87. The maximum absolute atomic E-state index is 13.4. The zero-order valence-electron chi connectivity index (χ0n) is 19.3. The predicted octanol–water partition coefficient (Wildman–Crippen LogP) is 4.14. The molecule has 6 nitrogen and oxygen atoms in total. The third kappa shape index (κ3) is 3.99. The first-order valence-electron chi connectivity index (χ1n) is 11.8. The maximum Gasteiger partial charge on any atom is 0.258 e. The molecule has 1 atom stereocenters. The summed E-state index contributed by atoms with van der Waals surface area (Å²) < 4.78 is 5.15. The van der Waals surface area contributed by atoms with Gasteiger partial charge in [-0.2, -0.15) is 0 Å². The van der Waals surface area contributed by atoms with Crippen molar-refractivity contribution in [2.75, 3.05) is 25.2 Å². The molecule has 6 heteroatoms. The van der Waals surface area contributed by atoms with Gasteiger partial charge in [-0.15, -0.1) is 0 Å². The van der Waals surface area contributed by atoms with Crippen LogP contribution in [-0.2, 0) is 27.3 Å². The van der Waals surface area contributed by atoms with E-state index in [2.05, 4.69) is 0 Å². The first-order chi connectivity index (χ1) is 16.6. The van der Waals surface area contributed by atoms with E-state index in [0.717, 1.165) is 34.0 Å². The average Bonchev–Trinajstić information content (AvgIpc) is 3.35. The molecule has 0 aromatic heterocycles. The molecule has 0 N–H and O–H groups in total. The van der Waals surface area contributed by atoms with E-state index < -0.39 is 6.04 Å². The van der Waals surface area contributed by atoms with Crippen LogP contribution < -0.4 is 4.90 Å². The number of hydrogen-bond acceptors (Lipinski definition) is 4. The highest BCUT2D eigenvalue weighted by Crippen LogP contribution is 2.39. The van der Waals surface area contributed by atoms with Crippen LogP contribution in [0, 0.1) is 0 Å². The molecule has 0 radical (unpaired) electrons. The summed E-state index contributed by atoms with van der Waals surface area (Å²) in [7, 11) is 1.66. The van der Waals surface area contributed by atoms with Crippen molar-refractivity contribution in [1.29, 1.82) is 0 Å². The van der Waals surface area contributed by atoms with Crippen LogP contribution in [0.15, 0.2) is 60.7 Å². The number of amides is 2. The summed E-state index contributed by atoms with van der Waals surface area (Å²) in [6, 6.07) is 19.0. The minimum Gasteiger partial charge on any atom is -0.385 e. The Labute approximate surface area is 199 Å². The number of Topliss-reactive ketones (excluding diaryl/α,β-unsaturated/α-hetero) is 1. The molecule has 1 fully saturated rings. The van der Waals surface area contributed by atoms with Crippen molar-refractivity contribution in [2.45, 2.75) is 38.3 Å². The van der Waals surface area contributed by atoms with Gasteiger partial charge in [-0.25, -0.2) is 0 Å². The number of benzene rings is 3. The number of nitrogens with zero attached hydrogens (tertiary/aromatic N) is 2. The number of hydrogen-bond donors (Lipinski definition) is 0. The van der Waals surface area contributed by atoms with Crippen LogP contribution in [0.2, 0.25) is 0 Å². The summed E-state index contributed by atoms with van der Waals surface area (Å²) >= 11 is 0. The molecule has 1 unspecified atom stereocenters. The van der Waals surface area contributed by atoms with Gasteiger partial charge >= 0.3 is 0 Å². The van der Waals surface area contributed by atoms with Crippen molar-refractivity contribution >= 4 is 34.1 Å². The number of ketones is 1. The lowest BCUT2D eigenvalue weighted by Gasteiger charge is -2.24. The summed E-state index contributed by atoms with van der Waals surface area (Å²) in [5, 5.41) is 1.85. The van der Waals surface area contributed by atoms with Crippen LogP contribution in [-0.4, -0.2) is 48.8 Å². The lowest BCUT2D eigenvalue weighted by atomic mass is 9.95. The standard InChI is InChI=1S/C28H28N2O4/c1-34-16-6-15-29-24-12-11-20(21-9-5-10-22(27(21)24)28(29)33)17-25(31)23-13-14-26(32)30(23)18-19-7-3-2-4-8-19/h2-5,7-12,23H,6,13-18H2,1H3. The van der Waals surface area contributed by atoms with Gasteiger partial charge in [-0.05, 0) is 41.5 Å². The zero-order chi connectivity index (χ0) is 23.7. The Morgan fingerprint density at radius 1 is 1.03 bits per heavy atom. The smallest absolute Gasteiger partial charge is 0.258 e. The molecule has 34 heavy (non-hydrogen) atoms. The molecule has 3 aromatic carbocycles. The lowest BCUT2D eigenvalue weighted by molar-refractivity contribution is -0.134. The normalized spacial score (nSPS) is 17.3. The van der Waals surface area contributed by atoms with Gasteiger partial charge < -0.3 is 14.5 Å². The van der Waals surface area contributed by atoms with Gasteiger partial charge in [0.2, 0.25) is 5.91 Å². The van der Waals surface area contributed by atoms with Crippen molar-refractivity contribution in [3.8, 4) is 0 Å². The van der Waals surface area contributed by atoms with Gasteiger partial charge in [0.1, 0.15) is 0 Å². The van der Waals surface area contributed by atoms with E-state index in [1.807, 2.05) is 60.7 Å². The van der Waals surface area contributed by atoms with Crippen molar-refractivity contribution in [1.82, 2.24) is 4.90 Å². The van der Waals surface area contributed by atoms with Crippen molar-refractivity contribution in [2.24, 2.45) is 0 Å². The number of likely N-dealkylation sites (tertiary alicyclic amines) is 1. The number of carbonyl (C=O) groups excluding carboxylic acids is 3. The first kappa shape index (κ1) is 22.3. The Morgan fingerprint density at radius 2 is 1.85 bits per heavy atom. The van der Waals surface area contributed by atoms with Crippen molar-refractivity contribution < 1.29 is 19.1 Å². The van der Waals surface area contributed by atoms with Crippen molar-refractivity contribution in [3.63, 3.8) is 0 Å². The Balaban J connectivity index is 1.40. The van der Waals surface area contributed by atoms with E-state index in [9.17, 15) is 14.4 Å². The number of ether oxygens (including phenoxy) is 1. The Hall–Kier alpha value is -3.51. The van der Waals surface area contributed by atoms with E-state index in [-0.39, 0.29) is 24.0 Å². The Kier molecular flexibility index (Phi) is 6.16. The van der Waals surface area contributed by atoms with Crippen LogP contribution in [0.3, 0.4) is 0 Å². The van der Waals surface area contributed by atoms with Gasteiger partial charge in [-0.1, -0.05) is 48.5 Å². The fourth-order valence-corrected chi connectivity index (χ4v) is 5.20. The number of rotatable bonds is 9. The monoisotopic (exact) mass is 456 g/mol. The molecule has 2 aliphatic heterocycles. The minimum absolute atomic E-state index is 0.00407. The van der Waals surface area contributed by atoms with E-state index in [0.29, 0.717) is 38.1 Å². The molecule has 3 aromatic rings. The first-order valence-corrected chi connectivity index (χ1v) is 11.8. The second-order valence-electron chi connectivity index (χ2n) is 8.98. The summed E-state index contributed by atoms with van der Waals surface area (Å²) in [5.74, 6) is 0.0688. The molecule has 1 saturated heterocycles. The molecule has 0 bridgehead atoms. The fourth-order valence-electron chi connectivity index (χ4n) is 5.20. The van der Waals surface area contributed by atoms with E-state index >= 15 is 0 Å². The number of methoxy groups -OCH3 is 1. The fraction of sp³-hybridized carbons (Fsp3) is 0.321. The molecule has 174 valence electrons. The van der Waals surface area contributed by atoms with E-state index in [1.54, 1.807) is 16.9 Å². The third-order valence-electron chi connectivity index (χ3n) is 6.87. The van der Waals surface area contributed by atoms with Gasteiger partial charge in [-0.3, -0.25) is 14.4 Å². The Bertz CT molecular complexity index is 1250.